The molecule has 4 aliphatic rings. The van der Waals surface area contributed by atoms with Gasteiger partial charge >= 0.3 is 118 Å². The summed E-state index contributed by atoms with van der Waals surface area (Å²) in [5, 5.41) is 4.36. The molecule has 31 heavy (non-hydrogen) atoms. The standard InChI is InChI=1S/C16H15.C10H12OSi.2ClH.Zr/c1-11(2)14-9-13-8-7-12-5-3-4-6-15(12)16(13)10-14;1-6-9-7-4-5-11-8(7)10(6)12(9,2)3;;;/h3-11H,1-2H3;4-5,9H,1-3H3;2*1H;/q;;;;+2/p-2. The Morgan fingerprint density at radius 1 is 0.968 bits per heavy atom. The zero-order valence-corrected chi connectivity index (χ0v) is 23.6. The van der Waals surface area contributed by atoms with Crippen molar-refractivity contribution in [2.24, 2.45) is 5.92 Å². The first-order valence-corrected chi connectivity index (χ1v) is 15.0. The van der Waals surface area contributed by atoms with Gasteiger partial charge in [0.1, 0.15) is 5.76 Å². The summed E-state index contributed by atoms with van der Waals surface area (Å²) in [7, 11) is -1.08. The first-order valence-electron chi connectivity index (χ1n) is 10.6. The monoisotopic (exact) mass is 543 g/mol. The minimum atomic E-state index is -1.08. The van der Waals surface area contributed by atoms with Gasteiger partial charge in [-0.2, -0.15) is 0 Å². The Kier molecular flexibility index (Phi) is 7.05. The van der Waals surface area contributed by atoms with Crippen LogP contribution in [0, 0.1) is 5.92 Å². The van der Waals surface area contributed by atoms with Gasteiger partial charge in [0.25, 0.3) is 0 Å². The number of allylic oxidation sites excluding steroid dienone is 2. The molecular formula is C26H27Cl2OSiZr. The summed E-state index contributed by atoms with van der Waals surface area (Å²) in [5.41, 5.74) is 8.44. The molecule has 0 saturated carbocycles. The number of furan rings is 1. The zero-order chi connectivity index (χ0) is 20.5. The van der Waals surface area contributed by atoms with E-state index in [1.165, 1.54) is 33.2 Å². The Balaban J connectivity index is 0.000000173. The normalized spacial score (nSPS) is 21.4. The van der Waals surface area contributed by atoms with Crippen LogP contribution in [0.2, 0.25) is 13.1 Å². The molecule has 0 N–H and O–H groups in total. The van der Waals surface area contributed by atoms with E-state index in [-0.39, 0.29) is 24.8 Å². The number of halogens is 2. The summed E-state index contributed by atoms with van der Waals surface area (Å²) >= 11 is 1.61. The van der Waals surface area contributed by atoms with E-state index >= 15 is 0 Å². The predicted molar refractivity (Wildman–Crippen MR) is 121 cm³/mol. The second-order valence-corrected chi connectivity index (χ2v) is 15.4. The van der Waals surface area contributed by atoms with Gasteiger partial charge in [0.2, 0.25) is 0 Å². The van der Waals surface area contributed by atoms with Crippen molar-refractivity contribution in [3.8, 4) is 0 Å². The summed E-state index contributed by atoms with van der Waals surface area (Å²) in [4.78, 5) is 0. The molecule has 7 rings (SSSR count). The minimum absolute atomic E-state index is 0. The summed E-state index contributed by atoms with van der Waals surface area (Å²) in [6.45, 7) is 11.7. The maximum atomic E-state index is 5.51. The molecule has 0 saturated heterocycles. The fourth-order valence-electron chi connectivity index (χ4n) is 5.76. The van der Waals surface area contributed by atoms with Gasteiger partial charge in [-0.05, 0) is 18.2 Å². The Morgan fingerprint density at radius 3 is 2.32 bits per heavy atom. The molecule has 0 spiro atoms. The zero-order valence-electron chi connectivity index (χ0n) is 18.6. The SMILES string of the molecule is CC(C)C1=Cc2c(ccc3ccccc23)[CH]1[Zr+2].CC1=C2c3occc3C1[Si]2(C)C.[Cl-].[Cl-]. The molecular weight excluding hydrogens is 519 g/mol. The van der Waals surface area contributed by atoms with Crippen molar-refractivity contribution in [1.29, 1.82) is 0 Å². The molecule has 2 unspecified atom stereocenters. The molecule has 1 nitrogen and oxygen atoms in total. The number of hydrogen-bond donors (Lipinski definition) is 0. The molecule has 2 aliphatic heterocycles. The van der Waals surface area contributed by atoms with Crippen molar-refractivity contribution in [2.75, 3.05) is 0 Å². The third kappa shape index (κ3) is 3.61. The topological polar surface area (TPSA) is 13.1 Å². The van der Waals surface area contributed by atoms with E-state index in [4.69, 9.17) is 4.42 Å². The van der Waals surface area contributed by atoms with Crippen LogP contribution in [-0.4, -0.2) is 8.07 Å². The molecule has 2 aliphatic carbocycles. The molecule has 0 radical (unpaired) electrons. The Morgan fingerprint density at radius 2 is 1.68 bits per heavy atom. The Labute approximate surface area is 214 Å². The first kappa shape index (κ1) is 24.8. The van der Waals surface area contributed by atoms with E-state index in [0.717, 1.165) is 5.54 Å². The number of fused-ring (bicyclic) bond motifs is 3. The molecule has 1 aromatic heterocycles. The van der Waals surface area contributed by atoms with Crippen molar-refractivity contribution in [3.05, 3.63) is 82.3 Å². The van der Waals surface area contributed by atoms with Gasteiger partial charge in [0.15, 0.2) is 0 Å². The van der Waals surface area contributed by atoms with E-state index < -0.39 is 8.07 Å². The molecule has 5 heteroatoms. The van der Waals surface area contributed by atoms with Gasteiger partial charge in [0, 0.05) is 11.1 Å². The second-order valence-electron chi connectivity index (χ2n) is 9.44. The molecule has 159 valence electrons. The van der Waals surface area contributed by atoms with Crippen molar-refractivity contribution in [2.45, 2.75) is 43.0 Å². The fraction of sp³-hybridized carbons (Fsp3) is 0.308. The van der Waals surface area contributed by atoms with E-state index in [2.05, 4.69) is 82.4 Å². The number of benzene rings is 2. The van der Waals surface area contributed by atoms with Crippen molar-refractivity contribution in [1.82, 2.24) is 0 Å². The molecule has 0 amide bonds. The molecule has 3 aromatic rings. The molecule has 0 fully saturated rings. The minimum Gasteiger partial charge on any atom is -1.00 e. The van der Waals surface area contributed by atoms with Gasteiger partial charge < -0.3 is 29.2 Å². The van der Waals surface area contributed by atoms with Gasteiger partial charge in [-0.1, -0.05) is 18.7 Å². The van der Waals surface area contributed by atoms with Crippen LogP contribution in [-0.2, 0) is 24.7 Å². The van der Waals surface area contributed by atoms with Crippen LogP contribution in [0.25, 0.3) is 22.0 Å². The predicted octanol–water partition coefficient (Wildman–Crippen LogP) is 1.44. The number of hydrogen-bond acceptors (Lipinski definition) is 1. The average molecular weight is 546 g/mol. The quantitative estimate of drug-likeness (QED) is 0.422. The summed E-state index contributed by atoms with van der Waals surface area (Å²) in [6.07, 6.45) is 4.26. The molecule has 2 bridgehead atoms. The largest absolute Gasteiger partial charge is 1.00 e. The van der Waals surface area contributed by atoms with Crippen LogP contribution in [0.5, 0.6) is 0 Å². The van der Waals surface area contributed by atoms with E-state index in [0.29, 0.717) is 9.54 Å². The third-order valence-corrected chi connectivity index (χ3v) is 12.7. The van der Waals surface area contributed by atoms with Crippen molar-refractivity contribution < 1.29 is 54.0 Å². The van der Waals surface area contributed by atoms with Crippen LogP contribution < -0.4 is 24.8 Å². The Hall–Kier alpha value is -0.860. The van der Waals surface area contributed by atoms with Gasteiger partial charge in [-0.15, -0.1) is 0 Å². The second kappa shape index (κ2) is 8.82. The van der Waals surface area contributed by atoms with Crippen LogP contribution in [0.4, 0.5) is 0 Å². The van der Waals surface area contributed by atoms with Crippen LogP contribution in [0.15, 0.2) is 64.3 Å². The van der Waals surface area contributed by atoms with E-state index in [9.17, 15) is 0 Å². The van der Waals surface area contributed by atoms with Crippen molar-refractivity contribution >= 4 is 30.1 Å². The molecule has 3 heterocycles. The maximum Gasteiger partial charge on any atom is 0.129 e. The summed E-state index contributed by atoms with van der Waals surface area (Å²) < 4.78 is 6.18. The van der Waals surface area contributed by atoms with Crippen LogP contribution >= 0.6 is 0 Å². The summed E-state index contributed by atoms with van der Waals surface area (Å²) in [5.74, 6) is 1.87. The van der Waals surface area contributed by atoms with Crippen LogP contribution in [0.3, 0.4) is 0 Å². The van der Waals surface area contributed by atoms with Crippen molar-refractivity contribution in [3.63, 3.8) is 0 Å². The van der Waals surface area contributed by atoms with Gasteiger partial charge in [0.05, 0.1) is 14.3 Å². The van der Waals surface area contributed by atoms with E-state index in [1.54, 1.807) is 41.1 Å². The van der Waals surface area contributed by atoms with Gasteiger partial charge in [-0.3, -0.25) is 0 Å². The molecule has 2 aromatic carbocycles. The fourth-order valence-corrected chi connectivity index (χ4v) is 11.6. The number of rotatable bonds is 1. The molecule has 2 atom stereocenters. The maximum absolute atomic E-state index is 5.51. The van der Waals surface area contributed by atoms with Crippen LogP contribution in [0.1, 0.15) is 52.4 Å². The summed E-state index contributed by atoms with van der Waals surface area (Å²) in [6, 6.07) is 15.4. The first-order chi connectivity index (χ1) is 13.8. The average Bonchev–Trinajstić information content (AvgIpc) is 3.38. The third-order valence-electron chi connectivity index (χ3n) is 7.05. The van der Waals surface area contributed by atoms with Gasteiger partial charge in [-0.25, -0.2) is 0 Å². The smallest absolute Gasteiger partial charge is 0.129 e. The Bertz CT molecular complexity index is 1210. The van der Waals surface area contributed by atoms with E-state index in [1.807, 2.05) is 6.26 Å².